The molecule has 1 amide bonds. The summed E-state index contributed by atoms with van der Waals surface area (Å²) in [5.41, 5.74) is 2.80. The van der Waals surface area contributed by atoms with Crippen molar-refractivity contribution in [3.8, 4) is 11.5 Å². The van der Waals surface area contributed by atoms with Crippen molar-refractivity contribution in [1.29, 1.82) is 0 Å². The van der Waals surface area contributed by atoms with Crippen LogP contribution >= 0.6 is 11.8 Å². The van der Waals surface area contributed by atoms with E-state index in [0.29, 0.717) is 23.6 Å². The molecule has 0 spiro atoms. The summed E-state index contributed by atoms with van der Waals surface area (Å²) in [4.78, 5) is 27.0. The topological polar surface area (TPSA) is 77.0 Å². The number of aromatic nitrogens is 2. The van der Waals surface area contributed by atoms with Gasteiger partial charge in [-0.15, -0.1) is 0 Å². The second-order valence-electron chi connectivity index (χ2n) is 8.68. The van der Waals surface area contributed by atoms with Gasteiger partial charge in [0.2, 0.25) is 6.79 Å². The Morgan fingerprint density at radius 3 is 2.91 bits per heavy atom. The number of thioether (sulfide) groups is 1. The Hall–Kier alpha value is -2.36. The number of rotatable bonds is 6. The highest BCUT2D eigenvalue weighted by Gasteiger charge is 2.28. The maximum Gasteiger partial charge on any atom is 0.254 e. The van der Waals surface area contributed by atoms with Crippen LogP contribution in [-0.4, -0.2) is 84.2 Å². The highest BCUT2D eigenvalue weighted by Crippen LogP contribution is 2.34. The van der Waals surface area contributed by atoms with Gasteiger partial charge in [0.05, 0.1) is 18.9 Å². The zero-order chi connectivity index (χ0) is 22.6. The van der Waals surface area contributed by atoms with E-state index in [-0.39, 0.29) is 18.6 Å². The lowest BCUT2D eigenvalue weighted by Gasteiger charge is -2.33. The van der Waals surface area contributed by atoms with Crippen molar-refractivity contribution < 1.29 is 19.0 Å². The summed E-state index contributed by atoms with van der Waals surface area (Å²) in [6, 6.07) is 5.41. The molecule has 0 aliphatic carbocycles. The van der Waals surface area contributed by atoms with Crippen LogP contribution in [0.4, 0.5) is 0 Å². The monoisotopic (exact) mass is 470 g/mol. The van der Waals surface area contributed by atoms with Gasteiger partial charge in [-0.1, -0.05) is 11.8 Å². The standard InChI is InChI=1S/C24H30N4O4S/c1-17-14-25-24(33-12-9-27-7-10-30-11-8-27)26-22(17)19-3-2-6-28(15-19)23(29)18-4-5-20-21(13-18)32-16-31-20/h4-5,13-14,19H,2-3,6-12,15-16H2,1H3/t19-/m1/s1. The number of nitrogens with zero attached hydrogens (tertiary/aromatic N) is 4. The predicted octanol–water partition coefficient (Wildman–Crippen LogP) is 2.96. The normalized spacial score (nSPS) is 20.8. The highest BCUT2D eigenvalue weighted by molar-refractivity contribution is 7.99. The largest absolute Gasteiger partial charge is 0.454 e. The van der Waals surface area contributed by atoms with E-state index in [0.717, 1.165) is 74.4 Å². The minimum atomic E-state index is 0.0322. The molecule has 2 saturated heterocycles. The first kappa shape index (κ1) is 22.4. The molecule has 3 aliphatic rings. The maximum absolute atomic E-state index is 13.2. The highest BCUT2D eigenvalue weighted by atomic mass is 32.2. The van der Waals surface area contributed by atoms with Crippen molar-refractivity contribution in [1.82, 2.24) is 19.8 Å². The smallest absolute Gasteiger partial charge is 0.254 e. The fourth-order valence-corrected chi connectivity index (χ4v) is 5.43. The fourth-order valence-electron chi connectivity index (χ4n) is 4.61. The van der Waals surface area contributed by atoms with Gasteiger partial charge >= 0.3 is 0 Å². The van der Waals surface area contributed by atoms with E-state index in [4.69, 9.17) is 19.2 Å². The van der Waals surface area contributed by atoms with E-state index in [1.807, 2.05) is 23.2 Å². The van der Waals surface area contributed by atoms with Crippen LogP contribution in [0.15, 0.2) is 29.6 Å². The lowest BCUT2D eigenvalue weighted by Crippen LogP contribution is -2.39. The number of benzene rings is 1. The summed E-state index contributed by atoms with van der Waals surface area (Å²) in [6.45, 7) is 8.35. The van der Waals surface area contributed by atoms with Crippen LogP contribution in [0.2, 0.25) is 0 Å². The van der Waals surface area contributed by atoms with Gasteiger partial charge in [-0.05, 0) is 43.5 Å². The van der Waals surface area contributed by atoms with Crippen LogP contribution in [0.25, 0.3) is 0 Å². The van der Waals surface area contributed by atoms with Gasteiger partial charge in [-0.3, -0.25) is 9.69 Å². The Kier molecular flexibility index (Phi) is 6.99. The molecule has 2 fully saturated rings. The van der Waals surface area contributed by atoms with Gasteiger partial charge in [0.15, 0.2) is 16.7 Å². The number of hydrogen-bond donors (Lipinski definition) is 0. The molecular formula is C24H30N4O4S. The Balaban J connectivity index is 1.23. The predicted molar refractivity (Wildman–Crippen MR) is 125 cm³/mol. The van der Waals surface area contributed by atoms with Crippen LogP contribution < -0.4 is 9.47 Å². The molecule has 8 nitrogen and oxygen atoms in total. The van der Waals surface area contributed by atoms with Crippen molar-refractivity contribution in [2.45, 2.75) is 30.8 Å². The SMILES string of the molecule is Cc1cnc(SCCN2CCOCC2)nc1[C@@H]1CCCN(C(=O)c2ccc3c(c2)OCO3)C1. The number of carbonyl (C=O) groups is 1. The zero-order valence-corrected chi connectivity index (χ0v) is 19.8. The Morgan fingerprint density at radius 1 is 1.18 bits per heavy atom. The Morgan fingerprint density at radius 2 is 2.03 bits per heavy atom. The summed E-state index contributed by atoms with van der Waals surface area (Å²) < 4.78 is 16.2. The molecule has 1 atom stereocenters. The molecule has 0 bridgehead atoms. The first-order chi connectivity index (χ1) is 16.2. The number of piperidine rings is 1. The number of morpholine rings is 1. The number of fused-ring (bicyclic) bond motifs is 1. The lowest BCUT2D eigenvalue weighted by atomic mass is 9.92. The number of likely N-dealkylation sites (tertiary alicyclic amines) is 1. The molecule has 0 saturated carbocycles. The third-order valence-corrected chi connectivity index (χ3v) is 7.29. The Labute approximate surface area is 198 Å². The van der Waals surface area contributed by atoms with E-state index in [1.54, 1.807) is 17.8 Å². The second kappa shape index (κ2) is 10.3. The van der Waals surface area contributed by atoms with Crippen molar-refractivity contribution in [3.63, 3.8) is 0 Å². The van der Waals surface area contributed by atoms with E-state index < -0.39 is 0 Å². The number of hydrogen-bond acceptors (Lipinski definition) is 8. The quantitative estimate of drug-likeness (QED) is 0.471. The van der Waals surface area contributed by atoms with E-state index >= 15 is 0 Å². The molecule has 1 aromatic heterocycles. The van der Waals surface area contributed by atoms with Crippen LogP contribution in [0.3, 0.4) is 0 Å². The minimum absolute atomic E-state index is 0.0322. The molecular weight excluding hydrogens is 440 g/mol. The van der Waals surface area contributed by atoms with Gasteiger partial charge < -0.3 is 19.1 Å². The molecule has 0 radical (unpaired) electrons. The number of ether oxygens (including phenoxy) is 3. The number of carbonyl (C=O) groups excluding carboxylic acids is 1. The minimum Gasteiger partial charge on any atom is -0.454 e. The molecule has 5 rings (SSSR count). The molecule has 0 N–H and O–H groups in total. The van der Waals surface area contributed by atoms with E-state index in [1.165, 1.54) is 0 Å². The average Bonchev–Trinajstić information content (AvgIpc) is 3.33. The van der Waals surface area contributed by atoms with Crippen LogP contribution in [0, 0.1) is 6.92 Å². The first-order valence-electron chi connectivity index (χ1n) is 11.6. The third-order valence-electron chi connectivity index (χ3n) is 6.45. The van der Waals surface area contributed by atoms with Crippen molar-refractivity contribution in [2.75, 3.05) is 58.5 Å². The molecule has 1 aromatic carbocycles. The van der Waals surface area contributed by atoms with Crippen molar-refractivity contribution in [2.24, 2.45) is 0 Å². The summed E-state index contributed by atoms with van der Waals surface area (Å²) in [5, 5.41) is 0.822. The third kappa shape index (κ3) is 5.26. The fraction of sp³-hybridized carbons (Fsp3) is 0.542. The van der Waals surface area contributed by atoms with Crippen molar-refractivity contribution in [3.05, 3.63) is 41.2 Å². The van der Waals surface area contributed by atoms with Gasteiger partial charge in [-0.2, -0.15) is 0 Å². The molecule has 3 aliphatic heterocycles. The van der Waals surface area contributed by atoms with Gasteiger partial charge in [0.1, 0.15) is 0 Å². The first-order valence-corrected chi connectivity index (χ1v) is 12.6. The molecule has 2 aromatic rings. The zero-order valence-electron chi connectivity index (χ0n) is 19.0. The maximum atomic E-state index is 13.2. The van der Waals surface area contributed by atoms with Gasteiger partial charge in [-0.25, -0.2) is 9.97 Å². The van der Waals surface area contributed by atoms with E-state index in [2.05, 4.69) is 16.8 Å². The number of amides is 1. The average molecular weight is 471 g/mol. The summed E-state index contributed by atoms with van der Waals surface area (Å²) in [6.07, 6.45) is 3.92. The molecule has 4 heterocycles. The van der Waals surface area contributed by atoms with Gasteiger partial charge in [0, 0.05) is 56.2 Å². The van der Waals surface area contributed by atoms with Crippen molar-refractivity contribution >= 4 is 17.7 Å². The lowest BCUT2D eigenvalue weighted by molar-refractivity contribution is 0.0410. The number of aryl methyl sites for hydroxylation is 1. The molecule has 9 heteroatoms. The summed E-state index contributed by atoms with van der Waals surface area (Å²) >= 11 is 1.71. The van der Waals surface area contributed by atoms with Crippen LogP contribution in [0.1, 0.15) is 40.4 Å². The Bertz CT molecular complexity index is 998. The second-order valence-corrected chi connectivity index (χ2v) is 9.74. The molecule has 0 unspecified atom stereocenters. The van der Waals surface area contributed by atoms with Gasteiger partial charge in [0.25, 0.3) is 5.91 Å². The van der Waals surface area contributed by atoms with Crippen LogP contribution in [0.5, 0.6) is 11.5 Å². The molecule has 33 heavy (non-hydrogen) atoms. The molecule has 176 valence electrons. The van der Waals surface area contributed by atoms with E-state index in [9.17, 15) is 4.79 Å². The van der Waals surface area contributed by atoms with Crippen LogP contribution in [-0.2, 0) is 4.74 Å². The summed E-state index contributed by atoms with van der Waals surface area (Å²) in [7, 11) is 0. The summed E-state index contributed by atoms with van der Waals surface area (Å²) in [5.74, 6) is 2.54.